The molecule has 0 unspecified atom stereocenters. The molecule has 308 valence electrons. The van der Waals surface area contributed by atoms with Gasteiger partial charge in [0.15, 0.2) is 0 Å². The predicted octanol–water partition coefficient (Wildman–Crippen LogP) is 13.6. The molecular weight excluding hydrogens is 727 g/mol. The average molecular weight is 792 g/mol. The number of rotatable bonds is 16. The third-order valence-electron chi connectivity index (χ3n) is 12.5. The van der Waals surface area contributed by atoms with Crippen LogP contribution in [0.2, 0.25) is 0 Å². The average Bonchev–Trinajstić information content (AvgIpc) is 3.33. The largest absolute Gasteiger partial charge is 0.372 e. The summed E-state index contributed by atoms with van der Waals surface area (Å²) >= 11 is 0. The van der Waals surface area contributed by atoms with Gasteiger partial charge in [-0.15, -0.1) is 0 Å². The van der Waals surface area contributed by atoms with Crippen LogP contribution in [-0.4, -0.2) is 39.3 Å². The quantitative estimate of drug-likeness (QED) is 0.0903. The van der Waals surface area contributed by atoms with Crippen molar-refractivity contribution in [2.45, 2.75) is 59.3 Å². The summed E-state index contributed by atoms with van der Waals surface area (Å²) in [7, 11) is 0. The molecule has 3 nitrogen and oxygen atoms in total. The van der Waals surface area contributed by atoms with E-state index in [-0.39, 0.29) is 10.8 Å². The smallest absolute Gasteiger partial charge is 0.0701 e. The van der Waals surface area contributed by atoms with E-state index in [1.165, 1.54) is 56.0 Å². The van der Waals surface area contributed by atoms with Gasteiger partial charge in [0.1, 0.15) is 0 Å². The summed E-state index contributed by atoms with van der Waals surface area (Å²) in [5, 5.41) is 0. The molecule has 3 heteroatoms. The van der Waals surface area contributed by atoms with Gasteiger partial charge >= 0.3 is 0 Å². The first kappa shape index (κ1) is 43.5. The summed E-state index contributed by atoms with van der Waals surface area (Å²) in [6, 6.07) is 70.9. The van der Waals surface area contributed by atoms with Crippen molar-refractivity contribution >= 4 is 17.1 Å². The maximum absolute atomic E-state index is 2.39. The Labute approximate surface area is 362 Å². The highest BCUT2D eigenvalue weighted by Gasteiger charge is 2.38. The van der Waals surface area contributed by atoms with Gasteiger partial charge in [0.25, 0.3) is 0 Å². The van der Waals surface area contributed by atoms with E-state index in [0.29, 0.717) is 0 Å². The molecule has 7 aromatic rings. The van der Waals surface area contributed by atoms with E-state index in [1.807, 2.05) is 0 Å². The molecular formula is C57H65N3. The van der Waals surface area contributed by atoms with Crippen molar-refractivity contribution in [2.75, 3.05) is 54.0 Å². The molecule has 0 radical (unpaired) electrons. The van der Waals surface area contributed by atoms with E-state index in [4.69, 9.17) is 0 Å². The van der Waals surface area contributed by atoms with Gasteiger partial charge in [-0.05, 0) is 124 Å². The van der Waals surface area contributed by atoms with Gasteiger partial charge in [-0.3, -0.25) is 0 Å². The number of nitrogens with zero attached hydrogens (tertiary/aromatic N) is 3. The van der Waals surface area contributed by atoms with Gasteiger partial charge in [-0.2, -0.15) is 0 Å². The number of hydrogen-bond acceptors (Lipinski definition) is 3. The first-order valence-corrected chi connectivity index (χ1v) is 22.2. The highest BCUT2D eigenvalue weighted by atomic mass is 15.1. The Morgan fingerprint density at radius 3 is 0.717 bits per heavy atom. The zero-order valence-electron chi connectivity index (χ0n) is 37.1. The third-order valence-corrected chi connectivity index (χ3v) is 12.5. The van der Waals surface area contributed by atoms with Crippen molar-refractivity contribution in [3.8, 4) is 0 Å². The molecule has 0 saturated heterocycles. The molecule has 0 spiro atoms. The fourth-order valence-electron chi connectivity index (χ4n) is 9.04. The van der Waals surface area contributed by atoms with Crippen LogP contribution in [0.5, 0.6) is 0 Å². The van der Waals surface area contributed by atoms with Crippen LogP contribution in [0.1, 0.15) is 87.4 Å². The monoisotopic (exact) mass is 792 g/mol. The Kier molecular flexibility index (Phi) is 15.1. The van der Waals surface area contributed by atoms with Crippen molar-refractivity contribution in [3.05, 3.63) is 233 Å². The first-order valence-electron chi connectivity index (χ1n) is 22.2. The zero-order chi connectivity index (χ0) is 42.4. The van der Waals surface area contributed by atoms with E-state index in [2.05, 4.69) is 257 Å². The van der Waals surface area contributed by atoms with Crippen molar-refractivity contribution < 1.29 is 0 Å². The summed E-state index contributed by atoms with van der Waals surface area (Å²) in [6.07, 6.45) is 0. The molecule has 0 N–H and O–H groups in total. The maximum Gasteiger partial charge on any atom is 0.0701 e. The molecule has 7 rings (SSSR count). The van der Waals surface area contributed by atoms with Gasteiger partial charge < -0.3 is 14.7 Å². The van der Waals surface area contributed by atoms with Crippen molar-refractivity contribution in [1.82, 2.24) is 0 Å². The minimum atomic E-state index is -0.369. The maximum atomic E-state index is 2.39. The fourth-order valence-corrected chi connectivity index (χ4v) is 9.04. The minimum Gasteiger partial charge on any atom is -0.372 e. The van der Waals surface area contributed by atoms with Crippen LogP contribution in [0.25, 0.3) is 0 Å². The van der Waals surface area contributed by atoms with E-state index >= 15 is 0 Å². The SMILES string of the molecule is CCN(CC)c1ccc(C(C)(c2ccccc2)c2ccc(N(CC)CC)cc2)cc1.CCN(CC)c1ccc(C(c2ccccc2)(c2ccccc2)c2ccccc2)cc1. The van der Waals surface area contributed by atoms with Crippen molar-refractivity contribution in [1.29, 1.82) is 0 Å². The van der Waals surface area contributed by atoms with Gasteiger partial charge in [0.05, 0.1) is 5.41 Å². The standard InChI is InChI=1S/C29H29N.C28H36N2/c1-3-30(4-2)28-22-20-27(21-23-28)29(24-14-8-5-9-15-24,25-16-10-6-11-17-25)26-18-12-7-13-19-26;1-6-29(7-2)26-19-15-24(16-20-26)28(5,23-13-11-10-12-14-23)25-17-21-27(22-18-25)30(8-3)9-4/h5-23H,3-4H2,1-2H3;10-22H,6-9H2,1-5H3. The Morgan fingerprint density at radius 2 is 0.467 bits per heavy atom. The molecule has 0 fully saturated rings. The number of hydrogen-bond donors (Lipinski definition) is 0. The molecule has 0 aliphatic carbocycles. The second-order valence-corrected chi connectivity index (χ2v) is 15.5. The molecule has 0 atom stereocenters. The molecule has 0 bridgehead atoms. The van der Waals surface area contributed by atoms with Crippen LogP contribution in [0, 0.1) is 0 Å². The van der Waals surface area contributed by atoms with E-state index in [1.54, 1.807) is 0 Å². The topological polar surface area (TPSA) is 9.72 Å². The van der Waals surface area contributed by atoms with Gasteiger partial charge in [0.2, 0.25) is 0 Å². The van der Waals surface area contributed by atoms with E-state index in [9.17, 15) is 0 Å². The lowest BCUT2D eigenvalue weighted by Gasteiger charge is -2.37. The Bertz CT molecular complexity index is 2110. The highest BCUT2D eigenvalue weighted by Crippen LogP contribution is 2.45. The summed E-state index contributed by atoms with van der Waals surface area (Å²) in [5.74, 6) is 0. The third kappa shape index (κ3) is 9.06. The van der Waals surface area contributed by atoms with Crippen molar-refractivity contribution in [2.24, 2.45) is 0 Å². The molecule has 0 aliphatic heterocycles. The lowest BCUT2D eigenvalue weighted by atomic mass is 9.65. The second kappa shape index (κ2) is 20.8. The summed E-state index contributed by atoms with van der Waals surface area (Å²) in [4.78, 5) is 7.17. The molecule has 0 saturated carbocycles. The van der Waals surface area contributed by atoms with Gasteiger partial charge in [-0.25, -0.2) is 0 Å². The molecule has 60 heavy (non-hydrogen) atoms. The van der Waals surface area contributed by atoms with E-state index < -0.39 is 0 Å². The predicted molar refractivity (Wildman–Crippen MR) is 260 cm³/mol. The Balaban J connectivity index is 0.000000201. The van der Waals surface area contributed by atoms with Gasteiger partial charge in [0, 0.05) is 61.7 Å². The Hall–Kier alpha value is -6.06. The van der Waals surface area contributed by atoms with Crippen LogP contribution >= 0.6 is 0 Å². The van der Waals surface area contributed by atoms with Gasteiger partial charge in [-0.1, -0.05) is 158 Å². The second-order valence-electron chi connectivity index (χ2n) is 15.5. The lowest BCUT2D eigenvalue weighted by molar-refractivity contribution is 0.692. The van der Waals surface area contributed by atoms with Crippen LogP contribution in [0.15, 0.2) is 194 Å². The molecule has 0 amide bonds. The molecule has 0 heterocycles. The first-order chi connectivity index (χ1) is 29.4. The lowest BCUT2D eigenvalue weighted by Crippen LogP contribution is -2.31. The fraction of sp³-hybridized carbons (Fsp3) is 0.263. The van der Waals surface area contributed by atoms with Crippen LogP contribution in [0.4, 0.5) is 17.1 Å². The minimum absolute atomic E-state index is 0.204. The van der Waals surface area contributed by atoms with E-state index in [0.717, 1.165) is 39.3 Å². The number of anilines is 3. The van der Waals surface area contributed by atoms with Crippen LogP contribution in [-0.2, 0) is 10.8 Å². The number of benzene rings is 7. The molecule has 7 aromatic carbocycles. The highest BCUT2D eigenvalue weighted by molar-refractivity contribution is 5.62. The van der Waals surface area contributed by atoms with Crippen LogP contribution in [0.3, 0.4) is 0 Å². The zero-order valence-corrected chi connectivity index (χ0v) is 37.1. The molecule has 0 aliphatic rings. The normalized spacial score (nSPS) is 11.3. The Morgan fingerprint density at radius 1 is 0.267 bits per heavy atom. The summed E-state index contributed by atoms with van der Waals surface area (Å²) in [6.45, 7) is 21.7. The van der Waals surface area contributed by atoms with Crippen molar-refractivity contribution in [3.63, 3.8) is 0 Å². The van der Waals surface area contributed by atoms with Crippen LogP contribution < -0.4 is 14.7 Å². The summed E-state index contributed by atoms with van der Waals surface area (Å²) in [5.41, 5.74) is 12.3. The molecule has 0 aromatic heterocycles. The summed E-state index contributed by atoms with van der Waals surface area (Å²) < 4.78 is 0.